The van der Waals surface area contributed by atoms with Crippen LogP contribution in [-0.2, 0) is 0 Å². The summed E-state index contributed by atoms with van der Waals surface area (Å²) in [5.41, 5.74) is 8.50. The molecule has 10 nitrogen and oxygen atoms in total. The predicted octanol–water partition coefficient (Wildman–Crippen LogP) is 4.98. The number of carbonyl (C=O) groups excluding carboxylic acids is 2. The van der Waals surface area contributed by atoms with Gasteiger partial charge in [-0.15, -0.1) is 0 Å². The van der Waals surface area contributed by atoms with Crippen LogP contribution in [0.4, 0.5) is 16.2 Å². The highest BCUT2D eigenvalue weighted by Gasteiger charge is 2.13. The molecule has 0 aliphatic carbocycles. The Balaban J connectivity index is 1.65. The summed E-state index contributed by atoms with van der Waals surface area (Å²) in [4.78, 5) is 30.7. The second-order valence-electron chi connectivity index (χ2n) is 8.79. The molecule has 0 saturated heterocycles. The summed E-state index contributed by atoms with van der Waals surface area (Å²) in [6.45, 7) is 5.07. The van der Waals surface area contributed by atoms with Crippen molar-refractivity contribution in [1.29, 1.82) is 0 Å². The average molecular weight is 541 g/mol. The molecule has 3 amide bonds. The molecule has 0 unspecified atom stereocenters. The van der Waals surface area contributed by atoms with E-state index in [1.54, 1.807) is 42.5 Å². The Bertz CT molecular complexity index is 1280. The van der Waals surface area contributed by atoms with Gasteiger partial charge in [0.1, 0.15) is 22.9 Å². The van der Waals surface area contributed by atoms with Crippen LogP contribution in [0.15, 0.2) is 48.7 Å². The van der Waals surface area contributed by atoms with Crippen molar-refractivity contribution in [3.8, 4) is 17.2 Å². The second kappa shape index (κ2) is 13.5. The highest BCUT2D eigenvalue weighted by atomic mass is 35.5. The van der Waals surface area contributed by atoms with E-state index in [2.05, 4.69) is 31.4 Å². The van der Waals surface area contributed by atoms with E-state index in [0.29, 0.717) is 40.3 Å². The number of hydrogen-bond donors (Lipinski definition) is 4. The number of amides is 3. The quantitative estimate of drug-likeness (QED) is 0.200. The zero-order valence-electron chi connectivity index (χ0n) is 22.1. The number of hydrazine groups is 1. The molecular weight excluding hydrogens is 508 g/mol. The standard InChI is InChI=1S/C27H33ClN6O4/c1-17-14-22(25(16-20(17)28)37-13-7-12-34(4)5)31-27(36)33-32-21-8-6-9-24(18(21)2)38-19-10-11-30-23(15-19)26(35)29-3/h6,8-11,14-16,32H,7,12-13H2,1-5H3,(H,29,35)(H2,31,33,36). The van der Waals surface area contributed by atoms with Crippen molar-refractivity contribution in [3.63, 3.8) is 0 Å². The highest BCUT2D eigenvalue weighted by molar-refractivity contribution is 6.31. The number of urea groups is 1. The van der Waals surface area contributed by atoms with Crippen LogP contribution in [0, 0.1) is 13.8 Å². The first-order valence-corrected chi connectivity index (χ1v) is 12.4. The minimum Gasteiger partial charge on any atom is -0.491 e. The zero-order valence-corrected chi connectivity index (χ0v) is 22.9. The molecule has 1 aromatic heterocycles. The minimum atomic E-state index is -0.486. The van der Waals surface area contributed by atoms with Crippen LogP contribution >= 0.6 is 11.6 Å². The maximum atomic E-state index is 12.7. The third kappa shape index (κ3) is 7.99. The molecule has 0 bridgehead atoms. The summed E-state index contributed by atoms with van der Waals surface area (Å²) in [5.74, 6) is 1.19. The topological polar surface area (TPSA) is 117 Å². The van der Waals surface area contributed by atoms with Gasteiger partial charge in [0.25, 0.3) is 5.91 Å². The van der Waals surface area contributed by atoms with E-state index in [9.17, 15) is 9.59 Å². The number of hydrogen-bond acceptors (Lipinski definition) is 7. The Morgan fingerprint density at radius 3 is 2.58 bits per heavy atom. The van der Waals surface area contributed by atoms with E-state index in [0.717, 1.165) is 24.1 Å². The molecule has 11 heteroatoms. The van der Waals surface area contributed by atoms with Gasteiger partial charge in [-0.05, 0) is 64.2 Å². The summed E-state index contributed by atoms with van der Waals surface area (Å²) < 4.78 is 11.9. The molecule has 1 heterocycles. The molecule has 202 valence electrons. The second-order valence-corrected chi connectivity index (χ2v) is 9.20. The van der Waals surface area contributed by atoms with Crippen LogP contribution in [0.3, 0.4) is 0 Å². The highest BCUT2D eigenvalue weighted by Crippen LogP contribution is 2.32. The number of nitrogens with one attached hydrogen (secondary N) is 4. The van der Waals surface area contributed by atoms with Crippen molar-refractivity contribution in [1.82, 2.24) is 20.6 Å². The van der Waals surface area contributed by atoms with Crippen LogP contribution in [0.25, 0.3) is 0 Å². The molecule has 0 atom stereocenters. The lowest BCUT2D eigenvalue weighted by Gasteiger charge is -2.17. The fourth-order valence-electron chi connectivity index (χ4n) is 3.44. The molecule has 38 heavy (non-hydrogen) atoms. The summed E-state index contributed by atoms with van der Waals surface area (Å²) in [5, 5.41) is 5.90. The first-order valence-electron chi connectivity index (χ1n) is 12.0. The molecular formula is C27H33ClN6O4. The zero-order chi connectivity index (χ0) is 27.7. The lowest BCUT2D eigenvalue weighted by Crippen LogP contribution is -2.34. The Hall–Kier alpha value is -4.02. The van der Waals surface area contributed by atoms with E-state index in [1.165, 1.54) is 13.2 Å². The van der Waals surface area contributed by atoms with Gasteiger partial charge >= 0.3 is 6.03 Å². The molecule has 0 aliphatic rings. The fraction of sp³-hybridized carbons (Fsp3) is 0.296. The van der Waals surface area contributed by atoms with Gasteiger partial charge < -0.3 is 25.0 Å². The molecule has 3 aromatic rings. The molecule has 0 fully saturated rings. The number of ether oxygens (including phenoxy) is 2. The van der Waals surface area contributed by atoms with Gasteiger partial charge in [-0.2, -0.15) is 0 Å². The first kappa shape index (κ1) is 28.5. The monoisotopic (exact) mass is 540 g/mol. The Morgan fingerprint density at radius 1 is 1.05 bits per heavy atom. The molecule has 0 spiro atoms. The number of aryl methyl sites for hydroxylation is 1. The van der Waals surface area contributed by atoms with Crippen molar-refractivity contribution < 1.29 is 19.1 Å². The van der Waals surface area contributed by atoms with Crippen molar-refractivity contribution in [2.45, 2.75) is 20.3 Å². The van der Waals surface area contributed by atoms with Crippen molar-refractivity contribution in [2.75, 3.05) is 45.0 Å². The van der Waals surface area contributed by atoms with Gasteiger partial charge in [0, 0.05) is 42.5 Å². The molecule has 0 radical (unpaired) electrons. The SMILES string of the molecule is CNC(=O)c1cc(Oc2cccc(NNC(=O)Nc3cc(C)c(Cl)cc3OCCCN(C)C)c2C)ccn1. The summed E-state index contributed by atoms with van der Waals surface area (Å²) in [6, 6.07) is 11.6. The molecule has 2 aromatic carbocycles. The van der Waals surface area contributed by atoms with Crippen LogP contribution < -0.4 is 31.0 Å². The van der Waals surface area contributed by atoms with E-state index in [-0.39, 0.29) is 11.6 Å². The number of pyridine rings is 1. The number of aromatic nitrogens is 1. The number of anilines is 2. The van der Waals surface area contributed by atoms with Gasteiger partial charge in [-0.3, -0.25) is 20.6 Å². The van der Waals surface area contributed by atoms with E-state index < -0.39 is 6.03 Å². The maximum absolute atomic E-state index is 12.7. The number of rotatable bonds is 11. The third-order valence-corrected chi connectivity index (χ3v) is 5.94. The Kier molecular flexibility index (Phi) is 10.1. The van der Waals surface area contributed by atoms with E-state index in [4.69, 9.17) is 21.1 Å². The normalized spacial score (nSPS) is 10.6. The smallest absolute Gasteiger partial charge is 0.337 e. The molecule has 0 aliphatic heterocycles. The Morgan fingerprint density at radius 2 is 1.84 bits per heavy atom. The van der Waals surface area contributed by atoms with Gasteiger partial charge in [0.15, 0.2) is 0 Å². The fourth-order valence-corrected chi connectivity index (χ4v) is 3.59. The van der Waals surface area contributed by atoms with Crippen LogP contribution in [-0.4, -0.2) is 56.1 Å². The third-order valence-electron chi connectivity index (χ3n) is 5.53. The first-order chi connectivity index (χ1) is 18.2. The van der Waals surface area contributed by atoms with E-state index in [1.807, 2.05) is 27.9 Å². The van der Waals surface area contributed by atoms with Gasteiger partial charge in [-0.25, -0.2) is 4.79 Å². The molecule has 0 saturated carbocycles. The van der Waals surface area contributed by atoms with Crippen molar-refractivity contribution in [3.05, 3.63) is 70.5 Å². The lowest BCUT2D eigenvalue weighted by molar-refractivity contribution is 0.0957. The summed E-state index contributed by atoms with van der Waals surface area (Å²) >= 11 is 6.28. The van der Waals surface area contributed by atoms with E-state index >= 15 is 0 Å². The summed E-state index contributed by atoms with van der Waals surface area (Å²) in [6.07, 6.45) is 2.33. The molecule has 3 rings (SSSR count). The van der Waals surface area contributed by atoms with Gasteiger partial charge in [0.05, 0.1) is 18.0 Å². The van der Waals surface area contributed by atoms with Crippen molar-refractivity contribution in [2.24, 2.45) is 0 Å². The maximum Gasteiger partial charge on any atom is 0.337 e. The van der Waals surface area contributed by atoms with Crippen molar-refractivity contribution >= 4 is 34.9 Å². The number of carbonyl (C=O) groups is 2. The predicted molar refractivity (Wildman–Crippen MR) is 150 cm³/mol. The minimum absolute atomic E-state index is 0.244. The van der Waals surface area contributed by atoms with Crippen LogP contribution in [0.5, 0.6) is 17.2 Å². The molecule has 4 N–H and O–H groups in total. The van der Waals surface area contributed by atoms with Crippen LogP contribution in [0.2, 0.25) is 5.02 Å². The lowest BCUT2D eigenvalue weighted by atomic mass is 10.2. The van der Waals surface area contributed by atoms with Crippen LogP contribution in [0.1, 0.15) is 28.0 Å². The summed E-state index contributed by atoms with van der Waals surface area (Å²) in [7, 11) is 5.53. The van der Waals surface area contributed by atoms with Gasteiger partial charge in [-0.1, -0.05) is 17.7 Å². The van der Waals surface area contributed by atoms with Gasteiger partial charge in [0.2, 0.25) is 0 Å². The largest absolute Gasteiger partial charge is 0.491 e. The number of nitrogens with zero attached hydrogens (tertiary/aromatic N) is 2. The number of halogens is 1. The number of benzene rings is 2. The average Bonchev–Trinajstić information content (AvgIpc) is 2.89. The Labute approximate surface area is 227 Å².